The van der Waals surface area contributed by atoms with Crippen molar-refractivity contribution >= 4 is 0 Å². The van der Waals surface area contributed by atoms with Gasteiger partial charge in [-0.2, -0.15) is 0 Å². The van der Waals surface area contributed by atoms with Crippen molar-refractivity contribution < 1.29 is 5.11 Å². The van der Waals surface area contributed by atoms with Crippen LogP contribution in [0.5, 0.6) is 0 Å². The van der Waals surface area contributed by atoms with E-state index in [4.69, 9.17) is 0 Å². The molecule has 0 aliphatic carbocycles. The second-order valence-corrected chi connectivity index (χ2v) is 5.27. The zero-order chi connectivity index (χ0) is 12.3. The highest BCUT2D eigenvalue weighted by atomic mass is 16.3. The van der Waals surface area contributed by atoms with Crippen molar-refractivity contribution in [1.29, 1.82) is 0 Å². The lowest BCUT2D eigenvalue weighted by atomic mass is 9.82. The molecule has 90 valence electrons. The van der Waals surface area contributed by atoms with Crippen molar-refractivity contribution in [3.8, 4) is 0 Å². The van der Waals surface area contributed by atoms with Gasteiger partial charge in [0, 0.05) is 6.42 Å². The monoisotopic (exact) mass is 220 g/mol. The van der Waals surface area contributed by atoms with Crippen LogP contribution in [-0.2, 0) is 6.42 Å². The Labute approximate surface area is 99.5 Å². The minimum absolute atomic E-state index is 0.326. The van der Waals surface area contributed by atoms with E-state index in [1.807, 2.05) is 6.92 Å². The van der Waals surface area contributed by atoms with Crippen LogP contribution in [0.15, 0.2) is 18.2 Å². The Balaban J connectivity index is 2.91. The summed E-state index contributed by atoms with van der Waals surface area (Å²) in [7, 11) is 0. The van der Waals surface area contributed by atoms with Crippen LogP contribution in [0.25, 0.3) is 0 Å². The summed E-state index contributed by atoms with van der Waals surface area (Å²) in [6.45, 7) is 10.4. The number of hydrogen-bond donors (Lipinski definition) is 1. The largest absolute Gasteiger partial charge is 0.390 e. The average Bonchev–Trinajstić information content (AvgIpc) is 2.22. The Kier molecular flexibility index (Phi) is 4.15. The Morgan fingerprint density at radius 3 is 2.50 bits per heavy atom. The second-order valence-electron chi connectivity index (χ2n) is 5.27. The van der Waals surface area contributed by atoms with Gasteiger partial charge in [0.25, 0.3) is 0 Å². The number of aryl methyl sites for hydroxylation is 2. The maximum atomic E-state index is 10.5. The molecule has 2 unspecified atom stereocenters. The van der Waals surface area contributed by atoms with Crippen molar-refractivity contribution in [2.75, 3.05) is 0 Å². The van der Waals surface area contributed by atoms with E-state index >= 15 is 0 Å². The molecular formula is C15H24O. The normalized spacial score (nSPS) is 16.9. The first-order chi connectivity index (χ1) is 7.36. The average molecular weight is 220 g/mol. The van der Waals surface area contributed by atoms with Crippen LogP contribution in [0, 0.1) is 19.8 Å². The molecule has 2 atom stereocenters. The third-order valence-corrected chi connectivity index (χ3v) is 3.73. The van der Waals surface area contributed by atoms with Gasteiger partial charge in [-0.1, -0.05) is 44.0 Å². The number of hydrogen-bond acceptors (Lipinski definition) is 1. The summed E-state index contributed by atoms with van der Waals surface area (Å²) in [5, 5.41) is 10.5. The third-order valence-electron chi connectivity index (χ3n) is 3.73. The lowest BCUT2D eigenvalue weighted by Crippen LogP contribution is -2.35. The van der Waals surface area contributed by atoms with Crippen LogP contribution in [0.3, 0.4) is 0 Å². The molecule has 1 rings (SSSR count). The van der Waals surface area contributed by atoms with Gasteiger partial charge in [0.1, 0.15) is 0 Å². The molecule has 1 nitrogen and oxygen atoms in total. The Morgan fingerprint density at radius 1 is 1.31 bits per heavy atom. The molecule has 0 fully saturated rings. The van der Waals surface area contributed by atoms with Gasteiger partial charge in [-0.3, -0.25) is 0 Å². The minimum Gasteiger partial charge on any atom is -0.390 e. The zero-order valence-electron chi connectivity index (χ0n) is 11.2. The molecule has 1 aromatic carbocycles. The summed E-state index contributed by atoms with van der Waals surface area (Å²) in [5.41, 5.74) is 3.20. The van der Waals surface area contributed by atoms with E-state index in [2.05, 4.69) is 45.9 Å². The van der Waals surface area contributed by atoms with Gasteiger partial charge in [0.05, 0.1) is 5.60 Å². The molecule has 0 saturated heterocycles. The molecule has 0 spiro atoms. The van der Waals surface area contributed by atoms with E-state index in [0.717, 1.165) is 12.8 Å². The summed E-state index contributed by atoms with van der Waals surface area (Å²) in [6, 6.07) is 6.44. The van der Waals surface area contributed by atoms with Crippen LogP contribution in [0.1, 0.15) is 43.9 Å². The summed E-state index contributed by atoms with van der Waals surface area (Å²) < 4.78 is 0. The quantitative estimate of drug-likeness (QED) is 0.821. The van der Waals surface area contributed by atoms with Crippen molar-refractivity contribution in [3.05, 3.63) is 34.9 Å². The zero-order valence-corrected chi connectivity index (χ0v) is 11.2. The summed E-state index contributed by atoms with van der Waals surface area (Å²) >= 11 is 0. The van der Waals surface area contributed by atoms with E-state index < -0.39 is 5.60 Å². The molecule has 0 aromatic heterocycles. The lowest BCUT2D eigenvalue weighted by molar-refractivity contribution is 0.00503. The molecule has 16 heavy (non-hydrogen) atoms. The molecular weight excluding hydrogens is 196 g/mol. The molecule has 0 radical (unpaired) electrons. The molecule has 0 aliphatic heterocycles. The predicted molar refractivity (Wildman–Crippen MR) is 69.7 cm³/mol. The highest BCUT2D eigenvalue weighted by Gasteiger charge is 2.27. The van der Waals surface area contributed by atoms with E-state index in [1.165, 1.54) is 16.7 Å². The SMILES string of the molecule is CCC(C)C(C)(O)Cc1cc(C)ccc1C. The van der Waals surface area contributed by atoms with Gasteiger partial charge in [-0.25, -0.2) is 0 Å². The van der Waals surface area contributed by atoms with Gasteiger partial charge in [-0.15, -0.1) is 0 Å². The second kappa shape index (κ2) is 5.01. The Morgan fingerprint density at radius 2 is 1.94 bits per heavy atom. The van der Waals surface area contributed by atoms with Gasteiger partial charge in [0.15, 0.2) is 0 Å². The first kappa shape index (κ1) is 13.2. The molecule has 1 aromatic rings. The van der Waals surface area contributed by atoms with Crippen LogP contribution < -0.4 is 0 Å². The van der Waals surface area contributed by atoms with Gasteiger partial charge in [-0.05, 0) is 37.8 Å². The Hall–Kier alpha value is -0.820. The van der Waals surface area contributed by atoms with Gasteiger partial charge < -0.3 is 5.11 Å². The Bertz CT molecular complexity index is 352. The first-order valence-corrected chi connectivity index (χ1v) is 6.15. The van der Waals surface area contributed by atoms with Crippen LogP contribution in [0.2, 0.25) is 0 Å². The lowest BCUT2D eigenvalue weighted by Gasteiger charge is -2.30. The molecule has 0 heterocycles. The van der Waals surface area contributed by atoms with Crippen LogP contribution in [-0.4, -0.2) is 10.7 Å². The summed E-state index contributed by atoms with van der Waals surface area (Å²) in [6.07, 6.45) is 1.76. The predicted octanol–water partition coefficient (Wildman–Crippen LogP) is 3.64. The smallest absolute Gasteiger partial charge is 0.0685 e. The van der Waals surface area contributed by atoms with E-state index in [9.17, 15) is 5.11 Å². The van der Waals surface area contributed by atoms with Crippen LogP contribution >= 0.6 is 0 Å². The number of aliphatic hydroxyl groups is 1. The van der Waals surface area contributed by atoms with Crippen molar-refractivity contribution in [2.45, 2.75) is 53.1 Å². The van der Waals surface area contributed by atoms with E-state index in [0.29, 0.717) is 5.92 Å². The first-order valence-electron chi connectivity index (χ1n) is 6.15. The fourth-order valence-corrected chi connectivity index (χ4v) is 1.99. The summed E-state index contributed by atoms with van der Waals surface area (Å²) in [5.74, 6) is 0.326. The molecule has 0 bridgehead atoms. The topological polar surface area (TPSA) is 20.2 Å². The van der Waals surface area contributed by atoms with Crippen molar-refractivity contribution in [2.24, 2.45) is 5.92 Å². The fraction of sp³-hybridized carbons (Fsp3) is 0.600. The van der Waals surface area contributed by atoms with E-state index in [-0.39, 0.29) is 0 Å². The highest BCUT2D eigenvalue weighted by Crippen LogP contribution is 2.26. The molecule has 0 aliphatic rings. The summed E-state index contributed by atoms with van der Waals surface area (Å²) in [4.78, 5) is 0. The van der Waals surface area contributed by atoms with Gasteiger partial charge >= 0.3 is 0 Å². The van der Waals surface area contributed by atoms with Crippen molar-refractivity contribution in [3.63, 3.8) is 0 Å². The minimum atomic E-state index is -0.604. The maximum Gasteiger partial charge on any atom is 0.0685 e. The van der Waals surface area contributed by atoms with E-state index in [1.54, 1.807) is 0 Å². The maximum absolute atomic E-state index is 10.5. The number of benzene rings is 1. The molecule has 1 heteroatoms. The van der Waals surface area contributed by atoms with Crippen molar-refractivity contribution in [1.82, 2.24) is 0 Å². The standard InChI is InChI=1S/C15H24O/c1-6-13(4)15(5,16)10-14-9-11(2)7-8-12(14)3/h7-9,13,16H,6,10H2,1-5H3. The highest BCUT2D eigenvalue weighted by molar-refractivity contribution is 5.31. The van der Waals surface area contributed by atoms with Crippen LogP contribution in [0.4, 0.5) is 0 Å². The third kappa shape index (κ3) is 3.08. The van der Waals surface area contributed by atoms with Gasteiger partial charge in [0.2, 0.25) is 0 Å². The molecule has 0 amide bonds. The fourth-order valence-electron chi connectivity index (χ4n) is 1.99. The molecule has 0 saturated carbocycles. The molecule has 1 N–H and O–H groups in total. The number of rotatable bonds is 4.